The zero-order chi connectivity index (χ0) is 12.7. The van der Waals surface area contributed by atoms with Gasteiger partial charge in [-0.05, 0) is 38.0 Å². The van der Waals surface area contributed by atoms with Gasteiger partial charge in [0, 0.05) is 0 Å². The lowest BCUT2D eigenvalue weighted by Crippen LogP contribution is -2.25. The van der Waals surface area contributed by atoms with Crippen molar-refractivity contribution in [1.29, 1.82) is 0 Å². The van der Waals surface area contributed by atoms with Gasteiger partial charge in [0.2, 0.25) is 5.91 Å². The van der Waals surface area contributed by atoms with Gasteiger partial charge in [-0.1, -0.05) is 12.1 Å². The summed E-state index contributed by atoms with van der Waals surface area (Å²) < 4.78 is 5.55. The molecule has 0 saturated carbocycles. The van der Waals surface area contributed by atoms with Crippen LogP contribution < -0.4 is 10.2 Å². The summed E-state index contributed by atoms with van der Waals surface area (Å²) in [6, 6.07) is 6.00. The van der Waals surface area contributed by atoms with E-state index in [1.807, 2.05) is 39.0 Å². The van der Waals surface area contributed by atoms with Crippen molar-refractivity contribution in [1.82, 2.24) is 5.48 Å². The first-order valence-electron chi connectivity index (χ1n) is 5.74. The Morgan fingerprint density at radius 2 is 2.12 bits per heavy atom. The number of carbonyl (C=O) groups excluding carboxylic acids is 1. The van der Waals surface area contributed by atoms with Crippen LogP contribution in [0.3, 0.4) is 0 Å². The molecule has 0 atom stereocenters. The van der Waals surface area contributed by atoms with E-state index in [0.717, 1.165) is 16.9 Å². The average Bonchev–Trinajstić information content (AvgIpc) is 2.31. The molecular formula is C13H19NO3. The molecule has 1 N–H and O–H groups in total. The lowest BCUT2D eigenvalue weighted by Gasteiger charge is -2.09. The van der Waals surface area contributed by atoms with Gasteiger partial charge < -0.3 is 4.74 Å². The lowest BCUT2D eigenvalue weighted by molar-refractivity contribution is -0.133. The molecule has 1 rings (SSSR count). The van der Waals surface area contributed by atoms with Crippen LogP contribution in [0.15, 0.2) is 18.2 Å². The van der Waals surface area contributed by atoms with E-state index in [1.54, 1.807) is 0 Å². The van der Waals surface area contributed by atoms with Gasteiger partial charge in [0.25, 0.3) is 0 Å². The Balaban J connectivity index is 2.35. The zero-order valence-electron chi connectivity index (χ0n) is 10.6. The summed E-state index contributed by atoms with van der Waals surface area (Å²) in [7, 11) is 0. The van der Waals surface area contributed by atoms with Gasteiger partial charge >= 0.3 is 0 Å². The molecule has 94 valence electrons. The van der Waals surface area contributed by atoms with Crippen LogP contribution >= 0.6 is 0 Å². The van der Waals surface area contributed by atoms with Gasteiger partial charge in [-0.3, -0.25) is 9.63 Å². The van der Waals surface area contributed by atoms with E-state index < -0.39 is 0 Å². The van der Waals surface area contributed by atoms with Crippen LogP contribution in [0.5, 0.6) is 5.75 Å². The number of benzene rings is 1. The molecule has 0 radical (unpaired) electrons. The minimum Gasteiger partial charge on any atom is -0.493 e. The van der Waals surface area contributed by atoms with Gasteiger partial charge in [0.05, 0.1) is 19.6 Å². The van der Waals surface area contributed by atoms with Crippen LogP contribution in [0.2, 0.25) is 0 Å². The molecule has 1 aromatic rings. The van der Waals surface area contributed by atoms with Crippen molar-refractivity contribution in [2.24, 2.45) is 0 Å². The van der Waals surface area contributed by atoms with E-state index in [9.17, 15) is 4.79 Å². The topological polar surface area (TPSA) is 47.6 Å². The summed E-state index contributed by atoms with van der Waals surface area (Å²) in [5.41, 5.74) is 4.54. The summed E-state index contributed by atoms with van der Waals surface area (Å²) in [5.74, 6) is 0.659. The number of amides is 1. The highest BCUT2D eigenvalue weighted by molar-refractivity contribution is 5.74. The van der Waals surface area contributed by atoms with Gasteiger partial charge in [0.15, 0.2) is 0 Å². The monoisotopic (exact) mass is 237 g/mol. The first-order valence-corrected chi connectivity index (χ1v) is 5.74. The number of carbonyl (C=O) groups is 1. The lowest BCUT2D eigenvalue weighted by atomic mass is 10.1. The SMILES string of the molecule is CCONC(=O)CCOc1cc(C)ccc1C. The molecule has 0 saturated heterocycles. The zero-order valence-corrected chi connectivity index (χ0v) is 10.6. The first kappa shape index (κ1) is 13.5. The van der Waals surface area contributed by atoms with Gasteiger partial charge in [-0.15, -0.1) is 0 Å². The molecule has 0 spiro atoms. The molecule has 0 aliphatic carbocycles. The van der Waals surface area contributed by atoms with Crippen molar-refractivity contribution in [3.63, 3.8) is 0 Å². The quantitative estimate of drug-likeness (QED) is 0.771. The molecule has 0 unspecified atom stereocenters. The smallest absolute Gasteiger partial charge is 0.246 e. The standard InChI is InChI=1S/C13H19NO3/c1-4-17-14-13(15)7-8-16-12-9-10(2)5-6-11(12)3/h5-6,9H,4,7-8H2,1-3H3,(H,14,15). The number of hydroxylamine groups is 1. The van der Waals surface area contributed by atoms with E-state index in [1.165, 1.54) is 0 Å². The van der Waals surface area contributed by atoms with E-state index in [0.29, 0.717) is 13.2 Å². The number of nitrogens with one attached hydrogen (secondary N) is 1. The Kier molecular flexibility index (Phi) is 5.49. The number of rotatable bonds is 6. The van der Waals surface area contributed by atoms with Gasteiger partial charge in [-0.25, -0.2) is 5.48 Å². The molecule has 1 amide bonds. The fraction of sp³-hybridized carbons (Fsp3) is 0.462. The average molecular weight is 237 g/mol. The van der Waals surface area contributed by atoms with Crippen LogP contribution in [0, 0.1) is 13.8 Å². The van der Waals surface area contributed by atoms with Crippen molar-refractivity contribution >= 4 is 5.91 Å². The maximum absolute atomic E-state index is 11.2. The second-order valence-corrected chi connectivity index (χ2v) is 3.83. The molecule has 0 aliphatic heterocycles. The molecule has 4 nitrogen and oxygen atoms in total. The van der Waals surface area contributed by atoms with E-state index >= 15 is 0 Å². The normalized spacial score (nSPS) is 10.1. The third kappa shape index (κ3) is 4.87. The van der Waals surface area contributed by atoms with Crippen molar-refractivity contribution in [3.05, 3.63) is 29.3 Å². The van der Waals surface area contributed by atoms with Gasteiger partial charge in [0.1, 0.15) is 5.75 Å². The predicted molar refractivity (Wildman–Crippen MR) is 65.8 cm³/mol. The van der Waals surface area contributed by atoms with Crippen LogP contribution in [-0.2, 0) is 9.63 Å². The maximum Gasteiger partial charge on any atom is 0.246 e. The Morgan fingerprint density at radius 1 is 1.35 bits per heavy atom. The summed E-state index contributed by atoms with van der Waals surface area (Å²) in [6.45, 7) is 6.61. The maximum atomic E-state index is 11.2. The second kappa shape index (κ2) is 6.91. The first-order chi connectivity index (χ1) is 8.13. The van der Waals surface area contributed by atoms with Crippen molar-refractivity contribution < 1.29 is 14.4 Å². The van der Waals surface area contributed by atoms with Crippen LogP contribution in [0.25, 0.3) is 0 Å². The minimum atomic E-state index is -0.169. The fourth-order valence-electron chi connectivity index (χ4n) is 1.32. The van der Waals surface area contributed by atoms with Crippen molar-refractivity contribution in [3.8, 4) is 5.75 Å². The molecule has 0 fully saturated rings. The van der Waals surface area contributed by atoms with Crippen molar-refractivity contribution in [2.45, 2.75) is 27.2 Å². The summed E-state index contributed by atoms with van der Waals surface area (Å²) >= 11 is 0. The molecule has 0 heterocycles. The van der Waals surface area contributed by atoms with Crippen molar-refractivity contribution in [2.75, 3.05) is 13.2 Å². The number of aryl methyl sites for hydroxylation is 2. The molecule has 1 aromatic carbocycles. The highest BCUT2D eigenvalue weighted by atomic mass is 16.6. The van der Waals surface area contributed by atoms with Gasteiger partial charge in [-0.2, -0.15) is 0 Å². The summed E-state index contributed by atoms with van der Waals surface area (Å²) in [4.78, 5) is 16.0. The largest absolute Gasteiger partial charge is 0.493 e. The third-order valence-electron chi connectivity index (χ3n) is 2.26. The number of ether oxygens (including phenoxy) is 1. The van der Waals surface area contributed by atoms with Crippen LogP contribution in [0.1, 0.15) is 24.5 Å². The second-order valence-electron chi connectivity index (χ2n) is 3.83. The molecule has 17 heavy (non-hydrogen) atoms. The fourth-order valence-corrected chi connectivity index (χ4v) is 1.32. The van der Waals surface area contributed by atoms with E-state index in [4.69, 9.17) is 9.57 Å². The Hall–Kier alpha value is -1.55. The summed E-state index contributed by atoms with van der Waals surface area (Å²) in [5, 5.41) is 0. The number of hydrogen-bond acceptors (Lipinski definition) is 3. The molecule has 0 aliphatic rings. The highest BCUT2D eigenvalue weighted by Gasteiger charge is 2.03. The highest BCUT2D eigenvalue weighted by Crippen LogP contribution is 2.19. The molecular weight excluding hydrogens is 218 g/mol. The third-order valence-corrected chi connectivity index (χ3v) is 2.26. The van der Waals surface area contributed by atoms with E-state index in [2.05, 4.69) is 5.48 Å². The predicted octanol–water partition coefficient (Wildman–Crippen LogP) is 2.14. The van der Waals surface area contributed by atoms with Crippen LogP contribution in [-0.4, -0.2) is 19.1 Å². The van der Waals surface area contributed by atoms with E-state index in [-0.39, 0.29) is 12.3 Å². The Labute approximate surface area is 102 Å². The van der Waals surface area contributed by atoms with Crippen LogP contribution in [0.4, 0.5) is 0 Å². The molecule has 0 bridgehead atoms. The molecule has 4 heteroatoms. The number of hydrogen-bond donors (Lipinski definition) is 1. The minimum absolute atomic E-state index is 0.169. The Morgan fingerprint density at radius 3 is 2.82 bits per heavy atom. The molecule has 0 aromatic heterocycles. The Bertz CT molecular complexity index is 377. The summed E-state index contributed by atoms with van der Waals surface area (Å²) in [6.07, 6.45) is 0.285.